The fourth-order valence-electron chi connectivity index (χ4n) is 1.68. The average Bonchev–Trinajstić information content (AvgIpc) is 2.36. The molecule has 0 saturated carbocycles. The Morgan fingerprint density at radius 1 is 1.33 bits per heavy atom. The first-order valence-electron chi connectivity index (χ1n) is 6.47. The van der Waals surface area contributed by atoms with Crippen molar-refractivity contribution in [3.05, 3.63) is 48.4 Å². The van der Waals surface area contributed by atoms with Crippen LogP contribution in [0, 0.1) is 11.9 Å². The van der Waals surface area contributed by atoms with Crippen LogP contribution in [0.2, 0.25) is 0 Å². The van der Waals surface area contributed by atoms with Gasteiger partial charge in [-0.3, -0.25) is 5.32 Å². The van der Waals surface area contributed by atoms with Crippen LogP contribution in [-0.2, 0) is 4.74 Å². The molecule has 4 nitrogen and oxygen atoms in total. The van der Waals surface area contributed by atoms with Crippen molar-refractivity contribution in [1.82, 2.24) is 4.98 Å². The number of rotatable bonds is 2. The van der Waals surface area contributed by atoms with Crippen molar-refractivity contribution in [1.29, 1.82) is 0 Å². The first kappa shape index (κ1) is 15.0. The predicted octanol–water partition coefficient (Wildman–Crippen LogP) is 4.03. The zero-order valence-corrected chi connectivity index (χ0v) is 12.1. The van der Waals surface area contributed by atoms with Crippen LogP contribution in [-0.4, -0.2) is 16.7 Å². The van der Waals surface area contributed by atoms with Crippen molar-refractivity contribution in [2.45, 2.75) is 26.4 Å². The van der Waals surface area contributed by atoms with E-state index in [4.69, 9.17) is 4.74 Å². The average molecular weight is 287 g/mol. The third-order valence-electron chi connectivity index (χ3n) is 2.46. The Kier molecular flexibility index (Phi) is 4.21. The molecule has 0 atom stereocenters. The van der Waals surface area contributed by atoms with Gasteiger partial charge in [-0.1, -0.05) is 6.07 Å². The van der Waals surface area contributed by atoms with E-state index in [1.54, 1.807) is 32.9 Å². The monoisotopic (exact) mass is 287 g/mol. The summed E-state index contributed by atoms with van der Waals surface area (Å²) in [5.74, 6) is -0.0124. The van der Waals surface area contributed by atoms with Gasteiger partial charge < -0.3 is 4.74 Å². The van der Waals surface area contributed by atoms with Crippen molar-refractivity contribution in [2.75, 3.05) is 5.32 Å². The van der Waals surface area contributed by atoms with Gasteiger partial charge in [0.05, 0.1) is 0 Å². The molecule has 1 aromatic carbocycles. The van der Waals surface area contributed by atoms with Crippen molar-refractivity contribution in [3.8, 4) is 11.1 Å². The maximum Gasteiger partial charge on any atom is 0.413 e. The first-order chi connectivity index (χ1) is 9.83. The molecule has 0 aliphatic carbocycles. The number of hydrogen-bond acceptors (Lipinski definition) is 3. The van der Waals surface area contributed by atoms with E-state index < -0.39 is 11.7 Å². The summed E-state index contributed by atoms with van der Waals surface area (Å²) in [7, 11) is 0. The van der Waals surface area contributed by atoms with E-state index >= 15 is 0 Å². The quantitative estimate of drug-likeness (QED) is 0.907. The van der Waals surface area contributed by atoms with E-state index in [2.05, 4.69) is 16.4 Å². The van der Waals surface area contributed by atoms with Crippen LogP contribution in [0.4, 0.5) is 15.0 Å². The van der Waals surface area contributed by atoms with Crippen LogP contribution in [0.5, 0.6) is 0 Å². The molecule has 1 heterocycles. The Balaban J connectivity index is 2.17. The summed E-state index contributed by atoms with van der Waals surface area (Å²) in [5, 5.41) is 2.54. The minimum Gasteiger partial charge on any atom is -0.444 e. The largest absolute Gasteiger partial charge is 0.444 e. The number of anilines is 1. The molecule has 1 radical (unpaired) electrons. The molecule has 1 aromatic heterocycles. The normalized spacial score (nSPS) is 11.0. The van der Waals surface area contributed by atoms with Crippen molar-refractivity contribution in [2.24, 2.45) is 0 Å². The molecule has 1 N–H and O–H groups in total. The van der Waals surface area contributed by atoms with Crippen molar-refractivity contribution in [3.63, 3.8) is 0 Å². The molecule has 21 heavy (non-hydrogen) atoms. The number of hydrogen-bond donors (Lipinski definition) is 1. The van der Waals surface area contributed by atoms with Crippen LogP contribution in [0.15, 0.2) is 36.5 Å². The van der Waals surface area contributed by atoms with Gasteiger partial charge in [0.1, 0.15) is 17.2 Å². The van der Waals surface area contributed by atoms with Gasteiger partial charge in [0.2, 0.25) is 0 Å². The summed E-state index contributed by atoms with van der Waals surface area (Å²) in [6, 6.07) is 10.5. The number of pyridine rings is 1. The first-order valence-corrected chi connectivity index (χ1v) is 6.47. The minimum absolute atomic E-state index is 0.333. The van der Waals surface area contributed by atoms with E-state index in [0.717, 1.165) is 0 Å². The smallest absolute Gasteiger partial charge is 0.413 e. The maximum absolute atomic E-state index is 13.2. The Bertz CT molecular complexity index is 651. The van der Waals surface area contributed by atoms with Crippen LogP contribution in [0.3, 0.4) is 0 Å². The Hall–Kier alpha value is -2.43. The molecule has 0 fully saturated rings. The van der Waals surface area contributed by atoms with Crippen LogP contribution < -0.4 is 5.32 Å². The third-order valence-corrected chi connectivity index (χ3v) is 2.46. The van der Waals surface area contributed by atoms with Crippen molar-refractivity contribution < 1.29 is 13.9 Å². The Morgan fingerprint density at radius 2 is 2.10 bits per heavy atom. The lowest BCUT2D eigenvalue weighted by molar-refractivity contribution is 0.0635. The highest BCUT2D eigenvalue weighted by molar-refractivity contribution is 5.84. The highest BCUT2D eigenvalue weighted by Gasteiger charge is 2.16. The number of ether oxygens (including phenoxy) is 1. The van der Waals surface area contributed by atoms with E-state index in [1.165, 1.54) is 24.4 Å². The van der Waals surface area contributed by atoms with Crippen molar-refractivity contribution >= 4 is 11.9 Å². The zero-order chi connectivity index (χ0) is 15.5. The summed E-state index contributed by atoms with van der Waals surface area (Å²) in [6.07, 6.45) is 0.941. The van der Waals surface area contributed by atoms with Gasteiger partial charge in [-0.15, -0.1) is 0 Å². The van der Waals surface area contributed by atoms with Crippen LogP contribution >= 0.6 is 0 Å². The Labute approximate surface area is 123 Å². The van der Waals surface area contributed by atoms with E-state index in [0.29, 0.717) is 16.9 Å². The molecular formula is C16H16FN2O2. The molecule has 0 bridgehead atoms. The van der Waals surface area contributed by atoms with Crippen LogP contribution in [0.1, 0.15) is 20.8 Å². The van der Waals surface area contributed by atoms with Gasteiger partial charge >= 0.3 is 6.09 Å². The van der Waals surface area contributed by atoms with E-state index in [9.17, 15) is 9.18 Å². The van der Waals surface area contributed by atoms with E-state index in [-0.39, 0.29) is 5.82 Å². The molecule has 1 amide bonds. The molecule has 2 aromatic rings. The maximum atomic E-state index is 13.2. The number of nitrogens with zero attached hydrogens (tertiary/aromatic N) is 1. The molecule has 5 heteroatoms. The van der Waals surface area contributed by atoms with Crippen LogP contribution in [0.25, 0.3) is 11.1 Å². The molecule has 0 unspecified atom stereocenters. The second-order valence-corrected chi connectivity index (χ2v) is 5.48. The number of carbonyl (C=O) groups is 1. The van der Waals surface area contributed by atoms with Gasteiger partial charge in [-0.05, 0) is 62.2 Å². The second kappa shape index (κ2) is 5.91. The lowest BCUT2D eigenvalue weighted by Gasteiger charge is -2.19. The summed E-state index contributed by atoms with van der Waals surface area (Å²) in [6.45, 7) is 5.33. The minimum atomic E-state index is -0.588. The molecule has 2 rings (SSSR count). The molecule has 0 saturated heterocycles. The number of amides is 1. The molecular weight excluding hydrogens is 271 g/mol. The number of benzene rings is 1. The fourth-order valence-corrected chi connectivity index (χ4v) is 1.68. The predicted molar refractivity (Wildman–Crippen MR) is 78.3 cm³/mol. The highest BCUT2D eigenvalue weighted by Crippen LogP contribution is 2.21. The molecule has 109 valence electrons. The summed E-state index contributed by atoms with van der Waals surface area (Å²) in [5.41, 5.74) is 0.707. The van der Waals surface area contributed by atoms with Gasteiger partial charge in [0, 0.05) is 6.20 Å². The van der Waals surface area contributed by atoms with Gasteiger partial charge in [0.15, 0.2) is 0 Å². The lowest BCUT2D eigenvalue weighted by Crippen LogP contribution is -2.27. The fraction of sp³-hybridized carbons (Fsp3) is 0.250. The topological polar surface area (TPSA) is 51.2 Å². The van der Waals surface area contributed by atoms with Gasteiger partial charge in [-0.25, -0.2) is 14.2 Å². The van der Waals surface area contributed by atoms with Gasteiger partial charge in [-0.2, -0.15) is 0 Å². The third kappa shape index (κ3) is 4.56. The molecule has 0 aliphatic rings. The molecule has 0 spiro atoms. The standard InChI is InChI=1S/C16H16FN2O2/c1-16(2,3)21-15(20)19-14-10-12(7-8-18-14)11-5-4-6-13(17)9-11/h4,6-10H,1-3H3,(H,18,19,20). The summed E-state index contributed by atoms with van der Waals surface area (Å²) >= 11 is 0. The number of halogens is 1. The van der Waals surface area contributed by atoms with Gasteiger partial charge in [0.25, 0.3) is 0 Å². The highest BCUT2D eigenvalue weighted by atomic mass is 19.1. The summed E-state index contributed by atoms with van der Waals surface area (Å²) in [4.78, 5) is 15.7. The summed E-state index contributed by atoms with van der Waals surface area (Å²) < 4.78 is 18.4. The lowest BCUT2D eigenvalue weighted by atomic mass is 10.1. The number of aromatic nitrogens is 1. The number of nitrogens with one attached hydrogen (secondary N) is 1. The van der Waals surface area contributed by atoms with E-state index in [1.807, 2.05) is 0 Å². The SMILES string of the molecule is CC(C)(C)OC(=O)Nc1cc(-c2[c]ccc(F)c2)ccn1. The molecule has 0 aliphatic heterocycles. The number of carbonyl (C=O) groups excluding carboxylic acids is 1. The zero-order valence-electron chi connectivity index (χ0n) is 12.1. The second-order valence-electron chi connectivity index (χ2n) is 5.48. The Morgan fingerprint density at radius 3 is 2.76 bits per heavy atom.